The molecule has 0 fully saturated rings. The fourth-order valence-corrected chi connectivity index (χ4v) is 2.23. The first-order chi connectivity index (χ1) is 9.85. The number of nitrogens with zero attached hydrogens (tertiary/aromatic N) is 1. The third-order valence-corrected chi connectivity index (χ3v) is 3.29. The van der Waals surface area contributed by atoms with Gasteiger partial charge in [-0.3, -0.25) is 0 Å². The molecule has 1 aromatic heterocycles. The Morgan fingerprint density at radius 1 is 1.10 bits per heavy atom. The van der Waals surface area contributed by atoms with E-state index in [-0.39, 0.29) is 0 Å². The smallest absolute Gasteiger partial charge is 0.120 e. The van der Waals surface area contributed by atoms with Crippen molar-refractivity contribution in [2.45, 2.75) is 13.1 Å². The molecule has 0 aliphatic rings. The summed E-state index contributed by atoms with van der Waals surface area (Å²) in [7, 11) is 1.69. The van der Waals surface area contributed by atoms with Crippen molar-refractivity contribution in [3.05, 3.63) is 60.2 Å². The highest BCUT2D eigenvalue weighted by Crippen LogP contribution is 2.21. The van der Waals surface area contributed by atoms with Crippen LogP contribution in [-0.4, -0.2) is 17.1 Å². The molecule has 3 rings (SSSR count). The van der Waals surface area contributed by atoms with Gasteiger partial charge < -0.3 is 15.0 Å². The fraction of sp³-hybridized carbons (Fsp3) is 0.188. The standard InChI is InChI=1S/C16H17N3O/c1-20-15-5-4-13-8-12(2-3-14(13)9-15)10-17-11-16-18-6-7-19-16/h2-9,17H,10-11H2,1H3,(H,18,19). The molecule has 3 aromatic rings. The minimum Gasteiger partial charge on any atom is -0.497 e. The van der Waals surface area contributed by atoms with E-state index in [1.54, 1.807) is 13.3 Å². The van der Waals surface area contributed by atoms with Crippen LogP contribution in [0.1, 0.15) is 11.4 Å². The molecule has 0 amide bonds. The monoisotopic (exact) mass is 267 g/mol. The number of ether oxygens (including phenoxy) is 1. The number of rotatable bonds is 5. The fourth-order valence-electron chi connectivity index (χ4n) is 2.23. The number of aromatic amines is 1. The number of fused-ring (bicyclic) bond motifs is 1. The minimum absolute atomic E-state index is 0.744. The van der Waals surface area contributed by atoms with Crippen molar-refractivity contribution in [1.82, 2.24) is 15.3 Å². The van der Waals surface area contributed by atoms with E-state index in [1.165, 1.54) is 16.3 Å². The molecule has 0 aliphatic heterocycles. The third-order valence-electron chi connectivity index (χ3n) is 3.29. The summed E-state index contributed by atoms with van der Waals surface area (Å²) < 4.78 is 5.24. The van der Waals surface area contributed by atoms with Gasteiger partial charge in [-0.1, -0.05) is 18.2 Å². The van der Waals surface area contributed by atoms with Crippen molar-refractivity contribution in [3.63, 3.8) is 0 Å². The Morgan fingerprint density at radius 2 is 1.95 bits per heavy atom. The maximum Gasteiger partial charge on any atom is 0.120 e. The van der Waals surface area contributed by atoms with Crippen LogP contribution in [0, 0.1) is 0 Å². The minimum atomic E-state index is 0.744. The molecule has 1 heterocycles. The zero-order valence-electron chi connectivity index (χ0n) is 11.4. The molecule has 0 atom stereocenters. The number of aromatic nitrogens is 2. The molecule has 0 aliphatic carbocycles. The summed E-state index contributed by atoms with van der Waals surface area (Å²) in [6.45, 7) is 1.57. The maximum atomic E-state index is 5.24. The number of methoxy groups -OCH3 is 1. The Bertz CT molecular complexity index is 692. The zero-order chi connectivity index (χ0) is 13.8. The second-order valence-electron chi connectivity index (χ2n) is 4.69. The lowest BCUT2D eigenvalue weighted by Gasteiger charge is -2.06. The van der Waals surface area contributed by atoms with Gasteiger partial charge in [-0.2, -0.15) is 0 Å². The van der Waals surface area contributed by atoms with E-state index in [0.717, 1.165) is 24.7 Å². The molecule has 0 saturated carbocycles. The number of nitrogens with one attached hydrogen (secondary N) is 2. The molecule has 2 N–H and O–H groups in total. The molecule has 4 nitrogen and oxygen atoms in total. The van der Waals surface area contributed by atoms with E-state index in [9.17, 15) is 0 Å². The van der Waals surface area contributed by atoms with Crippen LogP contribution in [0.25, 0.3) is 10.8 Å². The maximum absolute atomic E-state index is 5.24. The Balaban J connectivity index is 1.69. The van der Waals surface area contributed by atoms with Gasteiger partial charge in [0.25, 0.3) is 0 Å². The Hall–Kier alpha value is -2.33. The molecule has 0 unspecified atom stereocenters. The molecule has 4 heteroatoms. The summed E-state index contributed by atoms with van der Waals surface area (Å²) in [5, 5.41) is 5.79. The van der Waals surface area contributed by atoms with E-state index in [2.05, 4.69) is 45.6 Å². The van der Waals surface area contributed by atoms with E-state index in [1.807, 2.05) is 12.3 Å². The van der Waals surface area contributed by atoms with Crippen molar-refractivity contribution in [1.29, 1.82) is 0 Å². The number of hydrogen-bond acceptors (Lipinski definition) is 3. The van der Waals surface area contributed by atoms with Gasteiger partial charge in [0.2, 0.25) is 0 Å². The molecule has 0 radical (unpaired) electrons. The van der Waals surface area contributed by atoms with Gasteiger partial charge in [0, 0.05) is 18.9 Å². The van der Waals surface area contributed by atoms with Crippen LogP contribution in [0.15, 0.2) is 48.8 Å². The molecular weight excluding hydrogens is 250 g/mol. The highest BCUT2D eigenvalue weighted by atomic mass is 16.5. The lowest BCUT2D eigenvalue weighted by Crippen LogP contribution is -2.13. The lowest BCUT2D eigenvalue weighted by atomic mass is 10.1. The summed E-state index contributed by atoms with van der Waals surface area (Å²) in [4.78, 5) is 7.26. The van der Waals surface area contributed by atoms with Gasteiger partial charge >= 0.3 is 0 Å². The van der Waals surface area contributed by atoms with Gasteiger partial charge in [-0.05, 0) is 34.5 Å². The van der Waals surface area contributed by atoms with Gasteiger partial charge in [-0.15, -0.1) is 0 Å². The van der Waals surface area contributed by atoms with Gasteiger partial charge in [0.15, 0.2) is 0 Å². The summed E-state index contributed by atoms with van der Waals surface area (Å²) in [6.07, 6.45) is 3.60. The van der Waals surface area contributed by atoms with Crippen molar-refractivity contribution in [2.24, 2.45) is 0 Å². The Kier molecular flexibility index (Phi) is 3.65. The first-order valence-corrected chi connectivity index (χ1v) is 6.61. The molecule has 102 valence electrons. The Morgan fingerprint density at radius 3 is 2.75 bits per heavy atom. The lowest BCUT2D eigenvalue weighted by molar-refractivity contribution is 0.415. The van der Waals surface area contributed by atoms with Crippen LogP contribution in [0.3, 0.4) is 0 Å². The number of imidazole rings is 1. The van der Waals surface area contributed by atoms with E-state index in [4.69, 9.17) is 4.74 Å². The summed E-state index contributed by atoms with van der Waals surface area (Å²) in [5.41, 5.74) is 1.26. The first kappa shape index (κ1) is 12.7. The average Bonchev–Trinajstić information content (AvgIpc) is 3.00. The van der Waals surface area contributed by atoms with Crippen molar-refractivity contribution in [3.8, 4) is 5.75 Å². The molecule has 0 spiro atoms. The number of H-pyrrole nitrogens is 1. The highest BCUT2D eigenvalue weighted by molar-refractivity contribution is 5.84. The number of hydrogen-bond donors (Lipinski definition) is 2. The van der Waals surface area contributed by atoms with Gasteiger partial charge in [0.05, 0.1) is 13.7 Å². The molecule has 20 heavy (non-hydrogen) atoms. The third kappa shape index (κ3) is 2.81. The number of benzene rings is 2. The van der Waals surface area contributed by atoms with Crippen molar-refractivity contribution in [2.75, 3.05) is 7.11 Å². The predicted molar refractivity (Wildman–Crippen MR) is 79.6 cm³/mol. The normalized spacial score (nSPS) is 10.8. The van der Waals surface area contributed by atoms with E-state index < -0.39 is 0 Å². The topological polar surface area (TPSA) is 49.9 Å². The van der Waals surface area contributed by atoms with E-state index in [0.29, 0.717) is 0 Å². The SMILES string of the molecule is COc1ccc2cc(CNCc3ncc[nH]3)ccc2c1. The summed E-state index contributed by atoms with van der Waals surface area (Å²) in [6, 6.07) is 12.6. The highest BCUT2D eigenvalue weighted by Gasteiger charge is 2.00. The van der Waals surface area contributed by atoms with E-state index >= 15 is 0 Å². The molecular formula is C16H17N3O. The molecule has 0 bridgehead atoms. The van der Waals surface area contributed by atoms with Crippen LogP contribution in [-0.2, 0) is 13.1 Å². The van der Waals surface area contributed by atoms with Crippen LogP contribution in [0.5, 0.6) is 5.75 Å². The van der Waals surface area contributed by atoms with Crippen LogP contribution >= 0.6 is 0 Å². The average molecular weight is 267 g/mol. The quantitative estimate of drug-likeness (QED) is 0.747. The van der Waals surface area contributed by atoms with Crippen LogP contribution in [0.2, 0.25) is 0 Å². The van der Waals surface area contributed by atoms with Crippen LogP contribution in [0.4, 0.5) is 0 Å². The second kappa shape index (κ2) is 5.75. The molecule has 2 aromatic carbocycles. The zero-order valence-corrected chi connectivity index (χ0v) is 11.4. The predicted octanol–water partition coefficient (Wildman–Crippen LogP) is 2.86. The Labute approximate surface area is 117 Å². The van der Waals surface area contributed by atoms with Crippen molar-refractivity contribution < 1.29 is 4.74 Å². The van der Waals surface area contributed by atoms with Crippen molar-refractivity contribution >= 4 is 10.8 Å². The van der Waals surface area contributed by atoms with Gasteiger partial charge in [-0.25, -0.2) is 4.98 Å². The first-order valence-electron chi connectivity index (χ1n) is 6.61. The summed E-state index contributed by atoms with van der Waals surface area (Å²) in [5.74, 6) is 1.84. The second-order valence-corrected chi connectivity index (χ2v) is 4.69. The van der Waals surface area contributed by atoms with Crippen LogP contribution < -0.4 is 10.1 Å². The largest absolute Gasteiger partial charge is 0.497 e. The van der Waals surface area contributed by atoms with Gasteiger partial charge in [0.1, 0.15) is 11.6 Å². The molecule has 0 saturated heterocycles. The summed E-state index contributed by atoms with van der Waals surface area (Å²) >= 11 is 0.